The van der Waals surface area contributed by atoms with Gasteiger partial charge in [0.25, 0.3) is 0 Å². The molecular formula is C13H11FN2O3. The maximum Gasteiger partial charge on any atom is 0.216 e. The van der Waals surface area contributed by atoms with Crippen molar-refractivity contribution in [2.75, 3.05) is 14.2 Å². The number of benzene rings is 1. The lowest BCUT2D eigenvalue weighted by atomic mass is 10.1. The van der Waals surface area contributed by atoms with Crippen LogP contribution in [0, 0.1) is 5.82 Å². The molecule has 0 saturated heterocycles. The molecule has 0 radical (unpaired) electrons. The number of ether oxygens (including phenoxy) is 2. The number of halogens is 1. The van der Waals surface area contributed by atoms with Gasteiger partial charge in [-0.3, -0.25) is 4.79 Å². The van der Waals surface area contributed by atoms with E-state index in [4.69, 9.17) is 9.47 Å². The van der Waals surface area contributed by atoms with E-state index < -0.39 is 11.6 Å². The number of hydrogen-bond acceptors (Lipinski definition) is 5. The molecule has 2 aromatic rings. The molecular weight excluding hydrogens is 251 g/mol. The molecule has 0 amide bonds. The van der Waals surface area contributed by atoms with E-state index in [0.717, 1.165) is 6.07 Å². The normalized spacial score (nSPS) is 10.1. The van der Waals surface area contributed by atoms with Crippen molar-refractivity contribution in [3.05, 3.63) is 47.7 Å². The highest BCUT2D eigenvalue weighted by molar-refractivity contribution is 6.08. The Labute approximate surface area is 109 Å². The van der Waals surface area contributed by atoms with Gasteiger partial charge in [-0.1, -0.05) is 0 Å². The van der Waals surface area contributed by atoms with E-state index in [0.29, 0.717) is 5.75 Å². The summed E-state index contributed by atoms with van der Waals surface area (Å²) < 4.78 is 23.5. The quantitative estimate of drug-likeness (QED) is 0.787. The van der Waals surface area contributed by atoms with E-state index in [1.165, 1.54) is 38.7 Å². The molecule has 0 aliphatic carbocycles. The first kappa shape index (κ1) is 12.9. The molecule has 0 unspecified atom stereocenters. The number of carbonyl (C=O) groups is 1. The van der Waals surface area contributed by atoms with Crippen LogP contribution in [0.3, 0.4) is 0 Å². The molecule has 19 heavy (non-hydrogen) atoms. The first-order valence-corrected chi connectivity index (χ1v) is 5.40. The Morgan fingerprint density at radius 3 is 2.58 bits per heavy atom. The molecule has 0 atom stereocenters. The lowest BCUT2D eigenvalue weighted by Crippen LogP contribution is -2.07. The fourth-order valence-corrected chi connectivity index (χ4v) is 1.52. The van der Waals surface area contributed by atoms with Crippen molar-refractivity contribution >= 4 is 5.78 Å². The van der Waals surface area contributed by atoms with Gasteiger partial charge in [0.15, 0.2) is 0 Å². The minimum absolute atomic E-state index is 0.0657. The predicted molar refractivity (Wildman–Crippen MR) is 65.0 cm³/mol. The third-order valence-electron chi connectivity index (χ3n) is 2.50. The number of methoxy groups -OCH3 is 2. The zero-order chi connectivity index (χ0) is 13.8. The summed E-state index contributed by atoms with van der Waals surface area (Å²) in [7, 11) is 2.84. The Kier molecular flexibility index (Phi) is 3.70. The summed E-state index contributed by atoms with van der Waals surface area (Å²) in [6.45, 7) is 0. The number of rotatable bonds is 4. The standard InChI is InChI=1S/C13H11FN2O3/c1-18-8-3-4-9(10(14)5-8)13(17)11-6-12(19-2)16-7-15-11/h3-7H,1-2H3. The molecule has 0 spiro atoms. The maximum absolute atomic E-state index is 13.8. The predicted octanol–water partition coefficient (Wildman–Crippen LogP) is 1.86. The summed E-state index contributed by atoms with van der Waals surface area (Å²) in [6, 6.07) is 5.36. The van der Waals surface area contributed by atoms with Crippen molar-refractivity contribution in [3.8, 4) is 11.6 Å². The van der Waals surface area contributed by atoms with Gasteiger partial charge in [0.1, 0.15) is 23.6 Å². The van der Waals surface area contributed by atoms with Crippen LogP contribution >= 0.6 is 0 Å². The van der Waals surface area contributed by atoms with Crippen LogP contribution in [0.2, 0.25) is 0 Å². The zero-order valence-electron chi connectivity index (χ0n) is 10.4. The van der Waals surface area contributed by atoms with Crippen molar-refractivity contribution in [1.82, 2.24) is 9.97 Å². The van der Waals surface area contributed by atoms with Gasteiger partial charge >= 0.3 is 0 Å². The van der Waals surface area contributed by atoms with Crippen molar-refractivity contribution < 1.29 is 18.7 Å². The molecule has 0 aliphatic heterocycles. The third kappa shape index (κ3) is 2.67. The minimum Gasteiger partial charge on any atom is -0.497 e. The second kappa shape index (κ2) is 5.43. The summed E-state index contributed by atoms with van der Waals surface area (Å²) in [5, 5.41) is 0. The molecule has 0 saturated carbocycles. The van der Waals surface area contributed by atoms with Crippen LogP contribution in [0.4, 0.5) is 4.39 Å². The number of ketones is 1. The molecule has 0 N–H and O–H groups in total. The zero-order valence-corrected chi connectivity index (χ0v) is 10.4. The maximum atomic E-state index is 13.8. The fraction of sp³-hybridized carbons (Fsp3) is 0.154. The van der Waals surface area contributed by atoms with Crippen LogP contribution in [0.5, 0.6) is 11.6 Å². The first-order valence-electron chi connectivity index (χ1n) is 5.40. The van der Waals surface area contributed by atoms with E-state index in [9.17, 15) is 9.18 Å². The first-order chi connectivity index (χ1) is 9.15. The molecule has 1 aromatic heterocycles. The van der Waals surface area contributed by atoms with Gasteiger partial charge in [-0.15, -0.1) is 0 Å². The summed E-state index contributed by atoms with van der Waals surface area (Å²) >= 11 is 0. The number of nitrogens with zero attached hydrogens (tertiary/aromatic N) is 2. The smallest absolute Gasteiger partial charge is 0.216 e. The SMILES string of the molecule is COc1ccc(C(=O)c2cc(OC)ncn2)c(F)c1. The topological polar surface area (TPSA) is 61.3 Å². The van der Waals surface area contributed by atoms with Crippen molar-refractivity contribution in [2.24, 2.45) is 0 Å². The minimum atomic E-state index is -0.665. The van der Waals surface area contributed by atoms with Gasteiger partial charge in [0.05, 0.1) is 19.8 Å². The van der Waals surface area contributed by atoms with Gasteiger partial charge in [-0.25, -0.2) is 14.4 Å². The van der Waals surface area contributed by atoms with Crippen molar-refractivity contribution in [3.63, 3.8) is 0 Å². The largest absolute Gasteiger partial charge is 0.497 e. The third-order valence-corrected chi connectivity index (χ3v) is 2.50. The molecule has 1 heterocycles. The van der Waals surface area contributed by atoms with Gasteiger partial charge in [0, 0.05) is 12.1 Å². The van der Waals surface area contributed by atoms with Crippen LogP contribution in [0.15, 0.2) is 30.6 Å². The summed E-state index contributed by atoms with van der Waals surface area (Å²) in [5.41, 5.74) is -0.0162. The van der Waals surface area contributed by atoms with Crippen molar-refractivity contribution in [1.29, 1.82) is 0 Å². The average molecular weight is 262 g/mol. The highest BCUT2D eigenvalue weighted by Crippen LogP contribution is 2.19. The van der Waals surface area contributed by atoms with Crippen LogP contribution in [-0.2, 0) is 0 Å². The number of carbonyl (C=O) groups excluding carboxylic acids is 1. The fourth-order valence-electron chi connectivity index (χ4n) is 1.52. The molecule has 0 aliphatic rings. The molecule has 0 fully saturated rings. The molecule has 2 rings (SSSR count). The summed E-state index contributed by atoms with van der Waals surface area (Å²) in [4.78, 5) is 19.7. The van der Waals surface area contributed by atoms with Crippen molar-refractivity contribution in [2.45, 2.75) is 0 Å². The lowest BCUT2D eigenvalue weighted by Gasteiger charge is -2.05. The van der Waals surface area contributed by atoms with Gasteiger partial charge in [-0.05, 0) is 12.1 Å². The second-order valence-electron chi connectivity index (χ2n) is 3.62. The monoisotopic (exact) mass is 262 g/mol. The molecule has 98 valence electrons. The summed E-state index contributed by atoms with van der Waals surface area (Å²) in [6.07, 6.45) is 1.19. The number of hydrogen-bond donors (Lipinski definition) is 0. The average Bonchev–Trinajstić information content (AvgIpc) is 2.46. The Morgan fingerprint density at radius 1 is 1.16 bits per heavy atom. The van der Waals surface area contributed by atoms with E-state index in [1.54, 1.807) is 0 Å². The van der Waals surface area contributed by atoms with Gasteiger partial charge in [-0.2, -0.15) is 0 Å². The Balaban J connectivity index is 2.38. The lowest BCUT2D eigenvalue weighted by molar-refractivity contribution is 0.103. The molecule has 5 nitrogen and oxygen atoms in total. The highest BCUT2D eigenvalue weighted by atomic mass is 19.1. The number of aromatic nitrogens is 2. The highest BCUT2D eigenvalue weighted by Gasteiger charge is 2.16. The van der Waals surface area contributed by atoms with E-state index in [1.807, 2.05) is 0 Å². The molecule has 1 aromatic carbocycles. The van der Waals surface area contributed by atoms with E-state index >= 15 is 0 Å². The molecule has 6 heteroatoms. The summed E-state index contributed by atoms with van der Waals surface area (Å²) in [5.74, 6) is -0.621. The van der Waals surface area contributed by atoms with E-state index in [2.05, 4.69) is 9.97 Å². The second-order valence-corrected chi connectivity index (χ2v) is 3.62. The Hall–Kier alpha value is -2.50. The van der Waals surface area contributed by atoms with Crippen LogP contribution < -0.4 is 9.47 Å². The Bertz CT molecular complexity index is 617. The van der Waals surface area contributed by atoms with Crippen LogP contribution in [0.1, 0.15) is 16.1 Å². The van der Waals surface area contributed by atoms with Gasteiger partial charge in [0.2, 0.25) is 11.7 Å². The van der Waals surface area contributed by atoms with Crippen LogP contribution in [0.25, 0.3) is 0 Å². The van der Waals surface area contributed by atoms with Crippen LogP contribution in [-0.4, -0.2) is 30.0 Å². The van der Waals surface area contributed by atoms with Gasteiger partial charge < -0.3 is 9.47 Å². The molecule has 0 bridgehead atoms. The van der Waals surface area contributed by atoms with E-state index in [-0.39, 0.29) is 17.1 Å². The Morgan fingerprint density at radius 2 is 1.95 bits per heavy atom.